The lowest BCUT2D eigenvalue weighted by molar-refractivity contribution is -0.119. The van der Waals surface area contributed by atoms with Crippen molar-refractivity contribution in [1.29, 1.82) is 0 Å². The molecule has 2 aromatic rings. The van der Waals surface area contributed by atoms with Gasteiger partial charge >= 0.3 is 6.09 Å². The van der Waals surface area contributed by atoms with E-state index in [1.54, 1.807) is 22.0 Å². The molecule has 2 aliphatic rings. The second-order valence-electron chi connectivity index (χ2n) is 8.90. The minimum absolute atomic E-state index is 0.00494. The summed E-state index contributed by atoms with van der Waals surface area (Å²) in [6.07, 6.45) is 6.89. The SMILES string of the molecule is COC(=O)N1c2ccc(-c3cnn(CCS(C)(=O)=O)c3)c(OC[C@H]3CCC(=O)N3)c2CC[C@@H]1C. The number of aryl methyl sites for hydroxylation is 1. The second-order valence-corrected chi connectivity index (χ2v) is 11.2. The van der Waals surface area contributed by atoms with Gasteiger partial charge in [0.15, 0.2) is 0 Å². The highest BCUT2D eigenvalue weighted by Gasteiger charge is 2.33. The number of carbonyl (C=O) groups excluding carboxylic acids is 2. The molecule has 0 radical (unpaired) electrons. The van der Waals surface area contributed by atoms with Gasteiger partial charge in [0, 0.05) is 41.6 Å². The van der Waals surface area contributed by atoms with Crippen LogP contribution in [-0.2, 0) is 32.3 Å². The van der Waals surface area contributed by atoms with Crippen LogP contribution in [0.25, 0.3) is 11.1 Å². The lowest BCUT2D eigenvalue weighted by Gasteiger charge is -2.35. The quantitative estimate of drug-likeness (QED) is 0.631. The van der Waals surface area contributed by atoms with E-state index in [-0.39, 0.29) is 30.3 Å². The molecule has 1 saturated heterocycles. The molecule has 1 aromatic heterocycles. The van der Waals surface area contributed by atoms with Crippen molar-refractivity contribution in [3.05, 3.63) is 30.1 Å². The van der Waals surface area contributed by atoms with Gasteiger partial charge in [0.05, 0.1) is 37.3 Å². The Balaban J connectivity index is 1.70. The summed E-state index contributed by atoms with van der Waals surface area (Å²) in [5.41, 5.74) is 3.22. The predicted octanol–water partition coefficient (Wildman–Crippen LogP) is 2.16. The Kier molecular flexibility index (Phi) is 6.83. The standard InChI is InChI=1S/C23H30N4O6S/c1-15-4-6-19-20(27(15)23(29)32-2)8-7-18(22(19)33-14-17-5-9-21(28)25-17)16-12-24-26(13-16)10-11-34(3,30)31/h7-8,12-13,15,17H,4-6,9-11,14H2,1-3H3,(H,25,28)/t15-,17+/m0/s1. The fourth-order valence-electron chi connectivity index (χ4n) is 4.44. The van der Waals surface area contributed by atoms with E-state index in [2.05, 4.69) is 10.4 Å². The molecular weight excluding hydrogens is 460 g/mol. The summed E-state index contributed by atoms with van der Waals surface area (Å²) in [5.74, 6) is 0.651. The van der Waals surface area contributed by atoms with Crippen LogP contribution >= 0.6 is 0 Å². The number of benzene rings is 1. The molecule has 1 N–H and O–H groups in total. The van der Waals surface area contributed by atoms with Crippen LogP contribution < -0.4 is 15.0 Å². The van der Waals surface area contributed by atoms with Gasteiger partial charge in [-0.3, -0.25) is 14.4 Å². The lowest BCUT2D eigenvalue weighted by Crippen LogP contribution is -2.42. The molecule has 34 heavy (non-hydrogen) atoms. The Morgan fingerprint density at radius 2 is 2.06 bits per heavy atom. The molecule has 11 heteroatoms. The number of hydrogen-bond acceptors (Lipinski definition) is 7. The molecule has 0 spiro atoms. The summed E-state index contributed by atoms with van der Waals surface area (Å²) < 4.78 is 36.0. The van der Waals surface area contributed by atoms with Crippen molar-refractivity contribution in [2.24, 2.45) is 0 Å². The zero-order valence-electron chi connectivity index (χ0n) is 19.6. The average Bonchev–Trinajstić information content (AvgIpc) is 3.43. The molecule has 4 rings (SSSR count). The zero-order valence-corrected chi connectivity index (χ0v) is 20.4. The van der Waals surface area contributed by atoms with Crippen molar-refractivity contribution >= 4 is 27.5 Å². The lowest BCUT2D eigenvalue weighted by atomic mass is 9.92. The Morgan fingerprint density at radius 3 is 2.74 bits per heavy atom. The molecule has 184 valence electrons. The molecule has 0 aliphatic carbocycles. The van der Waals surface area contributed by atoms with Gasteiger partial charge in [0.25, 0.3) is 0 Å². The summed E-state index contributed by atoms with van der Waals surface area (Å²) in [4.78, 5) is 25.8. The third kappa shape index (κ3) is 5.19. The van der Waals surface area contributed by atoms with Crippen LogP contribution in [0, 0.1) is 0 Å². The van der Waals surface area contributed by atoms with E-state index in [9.17, 15) is 18.0 Å². The Morgan fingerprint density at radius 1 is 1.26 bits per heavy atom. The minimum atomic E-state index is -3.11. The third-order valence-electron chi connectivity index (χ3n) is 6.27. The smallest absolute Gasteiger partial charge is 0.414 e. The maximum absolute atomic E-state index is 12.5. The highest BCUT2D eigenvalue weighted by Crippen LogP contribution is 2.43. The van der Waals surface area contributed by atoms with Gasteiger partial charge in [-0.1, -0.05) is 0 Å². The van der Waals surface area contributed by atoms with Crippen LogP contribution in [0.5, 0.6) is 5.75 Å². The number of carbonyl (C=O) groups is 2. The number of hydrogen-bond donors (Lipinski definition) is 1. The van der Waals surface area contributed by atoms with Crippen LogP contribution in [-0.4, -0.2) is 68.0 Å². The van der Waals surface area contributed by atoms with Crippen molar-refractivity contribution in [1.82, 2.24) is 15.1 Å². The fraction of sp³-hybridized carbons (Fsp3) is 0.522. The van der Waals surface area contributed by atoms with Crippen LogP contribution in [0.2, 0.25) is 0 Å². The van der Waals surface area contributed by atoms with E-state index in [4.69, 9.17) is 9.47 Å². The van der Waals surface area contributed by atoms with E-state index < -0.39 is 15.9 Å². The average molecular weight is 491 g/mol. The summed E-state index contributed by atoms with van der Waals surface area (Å²) in [6.45, 7) is 2.54. The molecule has 2 amide bonds. The highest BCUT2D eigenvalue weighted by atomic mass is 32.2. The van der Waals surface area contributed by atoms with E-state index in [1.807, 2.05) is 19.1 Å². The molecular formula is C23H30N4O6S. The van der Waals surface area contributed by atoms with Gasteiger partial charge < -0.3 is 14.8 Å². The maximum Gasteiger partial charge on any atom is 0.414 e. The van der Waals surface area contributed by atoms with E-state index in [1.165, 1.54) is 13.4 Å². The van der Waals surface area contributed by atoms with Crippen LogP contribution in [0.1, 0.15) is 31.7 Å². The molecule has 2 atom stereocenters. The van der Waals surface area contributed by atoms with Gasteiger partial charge in [0.1, 0.15) is 22.2 Å². The fourth-order valence-corrected chi connectivity index (χ4v) is 4.96. The number of nitrogens with one attached hydrogen (secondary N) is 1. The largest absolute Gasteiger partial charge is 0.490 e. The first-order valence-electron chi connectivity index (χ1n) is 11.3. The number of amides is 2. The van der Waals surface area contributed by atoms with Crippen LogP contribution in [0.3, 0.4) is 0 Å². The molecule has 1 fully saturated rings. The van der Waals surface area contributed by atoms with E-state index in [0.717, 1.165) is 28.8 Å². The summed E-state index contributed by atoms with van der Waals surface area (Å²) in [6, 6.07) is 3.67. The first-order valence-corrected chi connectivity index (χ1v) is 13.4. The Hall–Kier alpha value is -3.08. The van der Waals surface area contributed by atoms with Crippen molar-refractivity contribution in [2.45, 2.75) is 51.2 Å². The summed E-state index contributed by atoms with van der Waals surface area (Å²) >= 11 is 0. The molecule has 10 nitrogen and oxygen atoms in total. The number of fused-ring (bicyclic) bond motifs is 1. The van der Waals surface area contributed by atoms with Crippen LogP contribution in [0.15, 0.2) is 24.5 Å². The number of rotatable bonds is 7. The Labute approximate surface area is 199 Å². The van der Waals surface area contributed by atoms with Crippen molar-refractivity contribution in [3.63, 3.8) is 0 Å². The normalized spacial score (nSPS) is 20.1. The van der Waals surface area contributed by atoms with Gasteiger partial charge in [-0.05, 0) is 38.3 Å². The van der Waals surface area contributed by atoms with E-state index >= 15 is 0 Å². The minimum Gasteiger partial charge on any atom is -0.490 e. The van der Waals surface area contributed by atoms with Gasteiger partial charge in [-0.25, -0.2) is 13.2 Å². The maximum atomic E-state index is 12.5. The molecule has 1 aromatic carbocycles. The first kappa shape index (κ1) is 24.1. The van der Waals surface area contributed by atoms with E-state index in [0.29, 0.717) is 31.6 Å². The Bertz CT molecular complexity index is 1190. The van der Waals surface area contributed by atoms with Gasteiger partial charge in [-0.2, -0.15) is 5.10 Å². The van der Waals surface area contributed by atoms with Crippen molar-refractivity contribution < 1.29 is 27.5 Å². The third-order valence-corrected chi connectivity index (χ3v) is 7.19. The molecule has 3 heterocycles. The topological polar surface area (TPSA) is 120 Å². The van der Waals surface area contributed by atoms with Crippen molar-refractivity contribution in [3.8, 4) is 16.9 Å². The number of nitrogens with zero attached hydrogens (tertiary/aromatic N) is 3. The molecule has 0 unspecified atom stereocenters. The molecule has 2 aliphatic heterocycles. The number of ether oxygens (including phenoxy) is 2. The summed E-state index contributed by atoms with van der Waals surface area (Å²) in [5, 5.41) is 7.24. The zero-order chi connectivity index (χ0) is 24.5. The summed E-state index contributed by atoms with van der Waals surface area (Å²) in [7, 11) is -1.75. The van der Waals surface area contributed by atoms with Gasteiger partial charge in [-0.15, -0.1) is 0 Å². The monoisotopic (exact) mass is 490 g/mol. The predicted molar refractivity (Wildman–Crippen MR) is 127 cm³/mol. The van der Waals surface area contributed by atoms with Crippen molar-refractivity contribution in [2.75, 3.05) is 30.6 Å². The van der Waals surface area contributed by atoms with Gasteiger partial charge in [0.2, 0.25) is 5.91 Å². The molecule has 0 saturated carbocycles. The second kappa shape index (κ2) is 9.65. The molecule has 0 bridgehead atoms. The number of sulfone groups is 1. The first-order chi connectivity index (χ1) is 16.2. The highest BCUT2D eigenvalue weighted by molar-refractivity contribution is 7.90. The number of methoxy groups -OCH3 is 1. The van der Waals surface area contributed by atoms with Crippen LogP contribution in [0.4, 0.5) is 10.5 Å². The number of anilines is 1. The number of aromatic nitrogens is 2.